The number of hydrogen-bond acceptors (Lipinski definition) is 5. The van der Waals surface area contributed by atoms with Gasteiger partial charge in [-0.15, -0.1) is 0 Å². The van der Waals surface area contributed by atoms with Gasteiger partial charge in [-0.1, -0.05) is 0 Å². The Morgan fingerprint density at radius 1 is 1.14 bits per heavy atom. The lowest BCUT2D eigenvalue weighted by molar-refractivity contribution is -0.0440. The smallest absolute Gasteiger partial charge is 0.243 e. The molecule has 6 nitrogen and oxygen atoms in total. The van der Waals surface area contributed by atoms with E-state index in [1.807, 2.05) is 20.8 Å². The van der Waals surface area contributed by atoms with Crippen LogP contribution in [0.5, 0.6) is 5.75 Å². The second kappa shape index (κ2) is 5.72. The summed E-state index contributed by atoms with van der Waals surface area (Å²) in [5.74, 6) is 0.696. The van der Waals surface area contributed by atoms with Crippen LogP contribution in [0.3, 0.4) is 0 Å². The zero-order valence-electron chi connectivity index (χ0n) is 13.1. The maximum absolute atomic E-state index is 12.8. The van der Waals surface area contributed by atoms with Gasteiger partial charge in [0.15, 0.2) is 0 Å². The van der Waals surface area contributed by atoms with Crippen molar-refractivity contribution >= 4 is 15.7 Å². The van der Waals surface area contributed by atoms with Crippen molar-refractivity contribution in [1.29, 1.82) is 0 Å². The van der Waals surface area contributed by atoms with Crippen LogP contribution in [-0.4, -0.2) is 50.7 Å². The summed E-state index contributed by atoms with van der Waals surface area (Å²) in [4.78, 5) is 0.290. The van der Waals surface area contributed by atoms with Gasteiger partial charge in [0.05, 0.1) is 29.3 Å². The topological polar surface area (TPSA) is 67.9 Å². The number of ether oxygens (including phenoxy) is 2. The minimum Gasteiger partial charge on any atom is -0.487 e. The minimum atomic E-state index is -3.52. The highest BCUT2D eigenvalue weighted by Gasteiger charge is 2.32. The first-order chi connectivity index (χ1) is 10.4. The van der Waals surface area contributed by atoms with E-state index >= 15 is 0 Å². The molecule has 0 radical (unpaired) electrons. The van der Waals surface area contributed by atoms with Gasteiger partial charge in [0, 0.05) is 13.1 Å². The first-order valence-electron chi connectivity index (χ1n) is 7.56. The van der Waals surface area contributed by atoms with Gasteiger partial charge >= 0.3 is 0 Å². The molecule has 1 aromatic rings. The van der Waals surface area contributed by atoms with Crippen molar-refractivity contribution in [2.45, 2.75) is 44.0 Å². The molecule has 1 aromatic carbocycles. The van der Waals surface area contributed by atoms with Gasteiger partial charge in [-0.3, -0.25) is 0 Å². The van der Waals surface area contributed by atoms with Crippen molar-refractivity contribution in [3.05, 3.63) is 18.2 Å². The van der Waals surface area contributed by atoms with Gasteiger partial charge < -0.3 is 14.8 Å². The van der Waals surface area contributed by atoms with E-state index in [-0.39, 0.29) is 18.3 Å². The molecule has 1 fully saturated rings. The lowest BCUT2D eigenvalue weighted by Crippen LogP contribution is -2.48. The molecule has 7 heteroatoms. The maximum atomic E-state index is 12.8. The molecule has 0 saturated carbocycles. The van der Waals surface area contributed by atoms with Crippen LogP contribution in [0.1, 0.15) is 20.8 Å². The Kier molecular flexibility index (Phi) is 4.05. The highest BCUT2D eigenvalue weighted by atomic mass is 32.2. The van der Waals surface area contributed by atoms with Gasteiger partial charge in [0.1, 0.15) is 11.9 Å². The summed E-state index contributed by atoms with van der Waals surface area (Å²) in [5, 5.41) is 3.21. The van der Waals surface area contributed by atoms with Gasteiger partial charge in [-0.05, 0) is 39.0 Å². The van der Waals surface area contributed by atoms with Crippen molar-refractivity contribution in [2.24, 2.45) is 0 Å². The van der Waals surface area contributed by atoms with E-state index < -0.39 is 10.0 Å². The molecule has 0 aliphatic carbocycles. The minimum absolute atomic E-state index is 0.0795. The third-order valence-electron chi connectivity index (χ3n) is 3.88. The van der Waals surface area contributed by atoms with Crippen molar-refractivity contribution in [2.75, 3.05) is 25.0 Å². The third kappa shape index (κ3) is 2.93. The highest BCUT2D eigenvalue weighted by Crippen LogP contribution is 2.32. The fraction of sp³-hybridized carbons (Fsp3) is 0.600. The van der Waals surface area contributed by atoms with Gasteiger partial charge in [0.2, 0.25) is 10.0 Å². The fourth-order valence-corrected chi connectivity index (χ4v) is 4.52. The van der Waals surface area contributed by atoms with E-state index in [0.717, 1.165) is 5.69 Å². The Labute approximate surface area is 131 Å². The van der Waals surface area contributed by atoms with Gasteiger partial charge in [-0.25, -0.2) is 8.42 Å². The predicted molar refractivity (Wildman–Crippen MR) is 83.8 cm³/mol. The van der Waals surface area contributed by atoms with Crippen LogP contribution in [0.25, 0.3) is 0 Å². The number of anilines is 1. The molecule has 2 aliphatic rings. The second-order valence-electron chi connectivity index (χ2n) is 6.05. The lowest BCUT2D eigenvalue weighted by atomic mass is 10.2. The standard InChI is InChI=1S/C15H22N2O4S/c1-10-7-16-14-6-13(4-5-15(14)21-10)22(18,19)17-8-11(2)20-12(3)9-17/h4-6,10-12,16H,7-9H2,1-3H3. The summed E-state index contributed by atoms with van der Waals surface area (Å²) in [5.41, 5.74) is 0.730. The van der Waals surface area contributed by atoms with Crippen LogP contribution in [0, 0.1) is 0 Å². The van der Waals surface area contributed by atoms with E-state index in [2.05, 4.69) is 5.32 Å². The van der Waals surface area contributed by atoms with E-state index in [1.165, 1.54) is 4.31 Å². The maximum Gasteiger partial charge on any atom is 0.243 e. The molecule has 122 valence electrons. The molecular weight excluding hydrogens is 304 g/mol. The second-order valence-corrected chi connectivity index (χ2v) is 7.98. The molecule has 2 aliphatic heterocycles. The summed E-state index contributed by atoms with van der Waals surface area (Å²) in [7, 11) is -3.52. The van der Waals surface area contributed by atoms with Crippen molar-refractivity contribution < 1.29 is 17.9 Å². The lowest BCUT2D eigenvalue weighted by Gasteiger charge is -2.34. The molecule has 3 unspecified atom stereocenters. The Bertz CT molecular complexity index is 652. The molecule has 3 atom stereocenters. The van der Waals surface area contributed by atoms with Crippen LogP contribution in [0.2, 0.25) is 0 Å². The number of rotatable bonds is 2. The fourth-order valence-electron chi connectivity index (χ4n) is 2.90. The zero-order valence-corrected chi connectivity index (χ0v) is 13.9. The summed E-state index contributed by atoms with van der Waals surface area (Å²) < 4.78 is 38.5. The van der Waals surface area contributed by atoms with Gasteiger partial charge in [-0.2, -0.15) is 4.31 Å². The normalized spacial score (nSPS) is 29.3. The number of fused-ring (bicyclic) bond motifs is 1. The van der Waals surface area contributed by atoms with Crippen molar-refractivity contribution in [1.82, 2.24) is 4.31 Å². The first kappa shape index (κ1) is 15.6. The molecule has 0 bridgehead atoms. The number of nitrogens with zero attached hydrogens (tertiary/aromatic N) is 1. The Morgan fingerprint density at radius 3 is 2.50 bits per heavy atom. The first-order valence-corrected chi connectivity index (χ1v) is 9.00. The molecule has 3 rings (SSSR count). The molecule has 0 aromatic heterocycles. The van der Waals surface area contributed by atoms with E-state index in [9.17, 15) is 8.42 Å². The van der Waals surface area contributed by atoms with E-state index in [0.29, 0.717) is 30.3 Å². The number of sulfonamides is 1. The molecule has 1 saturated heterocycles. The van der Waals surface area contributed by atoms with Crippen LogP contribution < -0.4 is 10.1 Å². The summed E-state index contributed by atoms with van der Waals surface area (Å²) in [6.45, 7) is 7.18. The third-order valence-corrected chi connectivity index (χ3v) is 5.71. The van der Waals surface area contributed by atoms with Crippen molar-refractivity contribution in [3.8, 4) is 5.75 Å². The number of benzene rings is 1. The summed E-state index contributed by atoms with van der Waals surface area (Å²) >= 11 is 0. The summed E-state index contributed by atoms with van der Waals surface area (Å²) in [6, 6.07) is 4.98. The van der Waals surface area contributed by atoms with Crippen LogP contribution >= 0.6 is 0 Å². The number of hydrogen-bond donors (Lipinski definition) is 1. The summed E-state index contributed by atoms with van der Waals surface area (Å²) in [6.07, 6.45) is -0.118. The van der Waals surface area contributed by atoms with Crippen LogP contribution in [0.15, 0.2) is 23.1 Å². The molecule has 1 N–H and O–H groups in total. The van der Waals surface area contributed by atoms with Crippen LogP contribution in [-0.2, 0) is 14.8 Å². The Morgan fingerprint density at radius 2 is 1.82 bits per heavy atom. The van der Waals surface area contributed by atoms with Crippen molar-refractivity contribution in [3.63, 3.8) is 0 Å². The number of morpholine rings is 1. The molecule has 2 heterocycles. The largest absolute Gasteiger partial charge is 0.487 e. The van der Waals surface area contributed by atoms with Crippen LogP contribution in [0.4, 0.5) is 5.69 Å². The van der Waals surface area contributed by atoms with E-state index in [1.54, 1.807) is 18.2 Å². The highest BCUT2D eigenvalue weighted by molar-refractivity contribution is 7.89. The number of nitrogens with one attached hydrogen (secondary N) is 1. The van der Waals surface area contributed by atoms with Gasteiger partial charge in [0.25, 0.3) is 0 Å². The zero-order chi connectivity index (χ0) is 15.9. The average molecular weight is 326 g/mol. The average Bonchev–Trinajstić information content (AvgIpc) is 2.45. The monoisotopic (exact) mass is 326 g/mol. The predicted octanol–water partition coefficient (Wildman–Crippen LogP) is 1.68. The molecular formula is C15H22N2O4S. The Balaban J connectivity index is 1.89. The molecule has 0 amide bonds. The SMILES string of the molecule is CC1CNc2cc(S(=O)(=O)N3CC(C)OC(C)C3)ccc2O1. The van der Waals surface area contributed by atoms with E-state index in [4.69, 9.17) is 9.47 Å². The quantitative estimate of drug-likeness (QED) is 0.895. The molecule has 0 spiro atoms. The Hall–Kier alpha value is -1.31. The molecule has 22 heavy (non-hydrogen) atoms.